The highest BCUT2D eigenvalue weighted by atomic mass is 16.5. The van der Waals surface area contributed by atoms with E-state index in [-0.39, 0.29) is 6.01 Å². The Hall–Kier alpha value is -3.10. The number of rotatable bonds is 13. The Bertz CT molecular complexity index is 889. The molecule has 0 aliphatic rings. The maximum Gasteiger partial charge on any atom is 0.292 e. The van der Waals surface area contributed by atoms with E-state index in [0.29, 0.717) is 24.2 Å². The van der Waals surface area contributed by atoms with Crippen molar-refractivity contribution in [3.63, 3.8) is 0 Å². The van der Waals surface area contributed by atoms with E-state index in [1.54, 1.807) is 6.08 Å². The average molecular weight is 428 g/mol. The van der Waals surface area contributed by atoms with Crippen LogP contribution in [0.15, 0.2) is 51.9 Å². The standard InChI is InChI=1S/C23H33N5O3/c1-5-18-11-10-17(14-19(18)27-22(29)20-15-31-23(24)28-20)8-6-9-21(25-4)30-13-7-12-26-16(2)3/h6,8-11,14-16,22,26-27,29H,4-5,7,12-13H2,1-3H3,(H2,24,28)/b8-6+,21-9+. The molecule has 168 valence electrons. The van der Waals surface area contributed by atoms with Gasteiger partial charge < -0.3 is 30.6 Å². The lowest BCUT2D eigenvalue weighted by Gasteiger charge is -2.15. The molecule has 1 heterocycles. The second-order valence-corrected chi connectivity index (χ2v) is 7.26. The predicted octanol–water partition coefficient (Wildman–Crippen LogP) is 3.88. The number of nitrogens with zero attached hydrogens (tertiary/aromatic N) is 2. The first-order valence-electron chi connectivity index (χ1n) is 10.4. The van der Waals surface area contributed by atoms with Crippen molar-refractivity contribution in [2.45, 2.75) is 45.9 Å². The van der Waals surface area contributed by atoms with Crippen LogP contribution in [0.4, 0.5) is 11.7 Å². The van der Waals surface area contributed by atoms with Gasteiger partial charge in [0.1, 0.15) is 12.0 Å². The topological polar surface area (TPSA) is 118 Å². The lowest BCUT2D eigenvalue weighted by Crippen LogP contribution is -2.24. The molecular formula is C23H33N5O3. The number of aliphatic hydroxyl groups excluding tert-OH is 1. The van der Waals surface area contributed by atoms with Crippen molar-refractivity contribution in [2.24, 2.45) is 4.99 Å². The molecule has 0 fully saturated rings. The van der Waals surface area contributed by atoms with Gasteiger partial charge in [-0.2, -0.15) is 4.98 Å². The minimum atomic E-state index is -1.03. The molecule has 0 radical (unpaired) electrons. The van der Waals surface area contributed by atoms with Crippen molar-refractivity contribution in [1.29, 1.82) is 0 Å². The van der Waals surface area contributed by atoms with Gasteiger partial charge in [-0.25, -0.2) is 4.99 Å². The van der Waals surface area contributed by atoms with E-state index < -0.39 is 6.23 Å². The molecule has 1 aromatic heterocycles. The number of benzene rings is 1. The van der Waals surface area contributed by atoms with Gasteiger partial charge >= 0.3 is 0 Å². The lowest BCUT2D eigenvalue weighted by molar-refractivity contribution is 0.203. The zero-order valence-corrected chi connectivity index (χ0v) is 18.5. The van der Waals surface area contributed by atoms with E-state index in [1.807, 2.05) is 30.4 Å². The van der Waals surface area contributed by atoms with Gasteiger partial charge in [-0.05, 0) is 43.3 Å². The van der Waals surface area contributed by atoms with Crippen LogP contribution in [0.2, 0.25) is 0 Å². The molecule has 5 N–H and O–H groups in total. The number of hydrogen-bond donors (Lipinski definition) is 4. The normalized spacial score (nSPS) is 13.0. The Kier molecular flexibility index (Phi) is 9.80. The van der Waals surface area contributed by atoms with Crippen molar-refractivity contribution in [2.75, 3.05) is 24.2 Å². The van der Waals surface area contributed by atoms with Gasteiger partial charge in [-0.3, -0.25) is 0 Å². The van der Waals surface area contributed by atoms with Gasteiger partial charge in [0.25, 0.3) is 6.01 Å². The molecule has 1 aromatic carbocycles. The van der Waals surface area contributed by atoms with E-state index >= 15 is 0 Å². The molecule has 8 heteroatoms. The first-order chi connectivity index (χ1) is 14.9. The van der Waals surface area contributed by atoms with Crippen molar-refractivity contribution < 1.29 is 14.3 Å². The van der Waals surface area contributed by atoms with Crippen LogP contribution in [-0.2, 0) is 11.2 Å². The summed E-state index contributed by atoms with van der Waals surface area (Å²) in [4.78, 5) is 7.87. The number of aromatic nitrogens is 1. The minimum absolute atomic E-state index is 0.0140. The number of allylic oxidation sites excluding steroid dienone is 2. The van der Waals surface area contributed by atoms with Crippen LogP contribution in [0.25, 0.3) is 6.08 Å². The van der Waals surface area contributed by atoms with E-state index in [2.05, 4.69) is 48.1 Å². The molecule has 8 nitrogen and oxygen atoms in total. The third kappa shape index (κ3) is 8.27. The number of ether oxygens (including phenoxy) is 1. The Morgan fingerprint density at radius 3 is 2.87 bits per heavy atom. The van der Waals surface area contributed by atoms with Gasteiger partial charge in [0.15, 0.2) is 6.23 Å². The SMILES string of the molecule is C=N/C(=C\C=C\c1ccc(CC)c(NC(O)c2coc(N)n2)c1)OCCCNC(C)C. The summed E-state index contributed by atoms with van der Waals surface area (Å²) in [7, 11) is 0. The van der Waals surface area contributed by atoms with Gasteiger partial charge in [-0.15, -0.1) is 0 Å². The van der Waals surface area contributed by atoms with Crippen molar-refractivity contribution in [3.8, 4) is 0 Å². The number of aryl methyl sites for hydroxylation is 1. The van der Waals surface area contributed by atoms with Crippen LogP contribution in [-0.4, -0.2) is 36.0 Å². The highest BCUT2D eigenvalue weighted by Gasteiger charge is 2.13. The second-order valence-electron chi connectivity index (χ2n) is 7.26. The van der Waals surface area contributed by atoms with Crippen LogP contribution in [0.1, 0.15) is 50.2 Å². The van der Waals surface area contributed by atoms with Gasteiger partial charge in [0, 0.05) is 17.8 Å². The Balaban J connectivity index is 2.00. The van der Waals surface area contributed by atoms with E-state index in [1.165, 1.54) is 6.26 Å². The monoisotopic (exact) mass is 427 g/mol. The minimum Gasteiger partial charge on any atom is -0.478 e. The zero-order valence-electron chi connectivity index (χ0n) is 18.5. The lowest BCUT2D eigenvalue weighted by atomic mass is 10.1. The number of hydrogen-bond acceptors (Lipinski definition) is 8. The highest BCUT2D eigenvalue weighted by Crippen LogP contribution is 2.24. The molecule has 0 saturated heterocycles. The third-order valence-corrected chi connectivity index (χ3v) is 4.43. The van der Waals surface area contributed by atoms with Crippen LogP contribution >= 0.6 is 0 Å². The molecule has 0 bridgehead atoms. The molecule has 0 saturated carbocycles. The summed E-state index contributed by atoms with van der Waals surface area (Å²) in [6.07, 6.45) is 7.56. The molecule has 1 atom stereocenters. The van der Waals surface area contributed by atoms with Crippen LogP contribution in [0.3, 0.4) is 0 Å². The van der Waals surface area contributed by atoms with Gasteiger partial charge in [0.05, 0.1) is 6.61 Å². The van der Waals surface area contributed by atoms with E-state index in [9.17, 15) is 5.11 Å². The smallest absolute Gasteiger partial charge is 0.292 e. The van der Waals surface area contributed by atoms with Crippen molar-refractivity contribution >= 4 is 24.5 Å². The summed E-state index contributed by atoms with van der Waals surface area (Å²) in [5.74, 6) is 0.475. The number of aliphatic hydroxyl groups is 1. The van der Waals surface area contributed by atoms with Crippen LogP contribution in [0.5, 0.6) is 0 Å². The summed E-state index contributed by atoms with van der Waals surface area (Å²) in [6.45, 7) is 11.3. The third-order valence-electron chi connectivity index (χ3n) is 4.43. The molecule has 1 unspecified atom stereocenters. The Labute approximate surface area is 183 Å². The number of nitrogen functional groups attached to an aromatic ring is 1. The zero-order chi connectivity index (χ0) is 22.6. The number of aliphatic imine (C=N–C) groups is 1. The summed E-state index contributed by atoms with van der Waals surface area (Å²) >= 11 is 0. The molecular weight excluding hydrogens is 394 g/mol. The number of nitrogens with two attached hydrogens (primary N) is 1. The highest BCUT2D eigenvalue weighted by molar-refractivity contribution is 5.62. The largest absolute Gasteiger partial charge is 0.478 e. The summed E-state index contributed by atoms with van der Waals surface area (Å²) in [5.41, 5.74) is 8.63. The Morgan fingerprint density at radius 1 is 1.42 bits per heavy atom. The fraction of sp³-hybridized carbons (Fsp3) is 0.391. The maximum atomic E-state index is 10.4. The summed E-state index contributed by atoms with van der Waals surface area (Å²) < 4.78 is 10.6. The maximum absolute atomic E-state index is 10.4. The summed E-state index contributed by atoms with van der Waals surface area (Å²) in [5, 5.41) is 16.8. The van der Waals surface area contributed by atoms with Gasteiger partial charge in [0.2, 0.25) is 5.88 Å². The van der Waals surface area contributed by atoms with E-state index in [0.717, 1.165) is 36.2 Å². The molecule has 31 heavy (non-hydrogen) atoms. The number of oxazole rings is 1. The fourth-order valence-corrected chi connectivity index (χ4v) is 2.82. The molecule has 0 amide bonds. The first-order valence-corrected chi connectivity index (χ1v) is 10.4. The van der Waals surface area contributed by atoms with Gasteiger partial charge in [-0.1, -0.05) is 45.1 Å². The average Bonchev–Trinajstić information content (AvgIpc) is 3.18. The molecule has 0 aliphatic heterocycles. The molecule has 0 spiro atoms. The molecule has 0 aliphatic carbocycles. The second kappa shape index (κ2) is 12.6. The number of anilines is 2. The molecule has 2 rings (SSSR count). The Morgan fingerprint density at radius 2 is 2.23 bits per heavy atom. The quantitative estimate of drug-likeness (QED) is 0.126. The summed E-state index contributed by atoms with van der Waals surface area (Å²) in [6, 6.07) is 6.45. The predicted molar refractivity (Wildman–Crippen MR) is 126 cm³/mol. The van der Waals surface area contributed by atoms with Crippen LogP contribution < -0.4 is 16.4 Å². The van der Waals surface area contributed by atoms with Crippen LogP contribution in [0, 0.1) is 0 Å². The van der Waals surface area contributed by atoms with E-state index in [4.69, 9.17) is 14.9 Å². The van der Waals surface area contributed by atoms with Crippen molar-refractivity contribution in [1.82, 2.24) is 10.3 Å². The fourth-order valence-electron chi connectivity index (χ4n) is 2.82. The first kappa shape index (κ1) is 24.2. The van der Waals surface area contributed by atoms with Crippen molar-refractivity contribution in [3.05, 3.63) is 59.3 Å². The molecule has 2 aromatic rings. The number of nitrogens with one attached hydrogen (secondary N) is 2.